The summed E-state index contributed by atoms with van der Waals surface area (Å²) in [5, 5.41) is 10.0. The third-order valence-corrected chi connectivity index (χ3v) is 6.14. The second-order valence-electron chi connectivity index (χ2n) is 6.66. The first kappa shape index (κ1) is 19.6. The highest BCUT2D eigenvalue weighted by atomic mass is 32.1. The number of hydrogen-bond acceptors (Lipinski definition) is 6. The lowest BCUT2D eigenvalue weighted by Gasteiger charge is -2.20. The van der Waals surface area contributed by atoms with Crippen LogP contribution >= 0.6 is 22.7 Å². The van der Waals surface area contributed by atoms with E-state index in [9.17, 15) is 4.79 Å². The molecule has 1 amide bonds. The average molecular weight is 424 g/mol. The van der Waals surface area contributed by atoms with Gasteiger partial charge in [-0.1, -0.05) is 12.1 Å². The molecule has 0 saturated carbocycles. The van der Waals surface area contributed by atoms with E-state index in [0.29, 0.717) is 12.1 Å². The number of furan rings is 1. The Morgan fingerprint density at radius 1 is 1.10 bits per heavy atom. The molecule has 7 heteroatoms. The number of benzene rings is 1. The topological polar surface area (TPSA) is 58.4 Å². The first-order chi connectivity index (χ1) is 14.2. The molecule has 1 aromatic carbocycles. The molecule has 5 nitrogen and oxygen atoms in total. The Morgan fingerprint density at radius 2 is 1.97 bits per heavy atom. The van der Waals surface area contributed by atoms with Crippen molar-refractivity contribution >= 4 is 28.6 Å². The van der Waals surface area contributed by atoms with Gasteiger partial charge in [-0.3, -0.25) is 9.69 Å². The molecule has 0 aliphatic carbocycles. The second kappa shape index (κ2) is 9.17. The van der Waals surface area contributed by atoms with Gasteiger partial charge < -0.3 is 9.73 Å². The molecule has 0 bridgehead atoms. The van der Waals surface area contributed by atoms with Crippen molar-refractivity contribution in [1.29, 1.82) is 0 Å². The number of rotatable bonds is 8. The molecule has 3 aromatic heterocycles. The van der Waals surface area contributed by atoms with Gasteiger partial charge in [0.25, 0.3) is 5.91 Å². The van der Waals surface area contributed by atoms with Gasteiger partial charge in [0.05, 0.1) is 18.5 Å². The van der Waals surface area contributed by atoms with E-state index in [0.717, 1.165) is 35.1 Å². The molecule has 4 rings (SSSR count). The van der Waals surface area contributed by atoms with Crippen molar-refractivity contribution in [2.75, 3.05) is 7.05 Å². The predicted octanol–water partition coefficient (Wildman–Crippen LogP) is 5.03. The minimum absolute atomic E-state index is 0.0765. The number of thiazole rings is 1. The second-order valence-corrected chi connectivity index (χ2v) is 8.29. The summed E-state index contributed by atoms with van der Waals surface area (Å²) >= 11 is 3.35. The summed E-state index contributed by atoms with van der Waals surface area (Å²) in [6.07, 6.45) is 1.70. The fourth-order valence-electron chi connectivity index (χ4n) is 3.08. The summed E-state index contributed by atoms with van der Waals surface area (Å²) in [5.41, 5.74) is 4.02. The van der Waals surface area contributed by atoms with Crippen molar-refractivity contribution in [3.63, 3.8) is 0 Å². The van der Waals surface area contributed by atoms with Crippen molar-refractivity contribution in [3.05, 3.63) is 87.4 Å². The van der Waals surface area contributed by atoms with Gasteiger partial charge in [-0.25, -0.2) is 4.98 Å². The molecule has 29 heavy (non-hydrogen) atoms. The highest BCUT2D eigenvalue weighted by molar-refractivity contribution is 7.14. The van der Waals surface area contributed by atoms with Crippen LogP contribution < -0.4 is 5.32 Å². The van der Waals surface area contributed by atoms with Crippen LogP contribution in [0.2, 0.25) is 0 Å². The summed E-state index contributed by atoms with van der Waals surface area (Å²) in [5.74, 6) is 0.840. The monoisotopic (exact) mass is 423 g/mol. The van der Waals surface area contributed by atoms with Crippen molar-refractivity contribution < 1.29 is 9.21 Å². The fraction of sp³-hybridized carbons (Fsp3) is 0.182. The number of carbonyl (C=O) groups excluding carboxylic acids is 1. The normalized spacial score (nSPS) is 11.1. The Labute approximate surface area is 177 Å². The maximum absolute atomic E-state index is 11.8. The Bertz CT molecular complexity index is 1040. The van der Waals surface area contributed by atoms with Gasteiger partial charge in [0.15, 0.2) is 0 Å². The van der Waals surface area contributed by atoms with E-state index < -0.39 is 0 Å². The number of carbonyl (C=O) groups is 1. The smallest absolute Gasteiger partial charge is 0.251 e. The van der Waals surface area contributed by atoms with E-state index in [-0.39, 0.29) is 5.91 Å². The van der Waals surface area contributed by atoms with E-state index >= 15 is 0 Å². The maximum atomic E-state index is 11.8. The van der Waals surface area contributed by atoms with Crippen molar-refractivity contribution in [3.8, 4) is 10.6 Å². The molecular formula is C22H21N3O2S2. The van der Waals surface area contributed by atoms with Crippen molar-refractivity contribution in [2.45, 2.75) is 19.6 Å². The van der Waals surface area contributed by atoms with E-state index in [1.807, 2.05) is 36.4 Å². The molecule has 0 unspecified atom stereocenters. The summed E-state index contributed by atoms with van der Waals surface area (Å²) in [6.45, 7) is 2.15. The molecule has 0 saturated heterocycles. The molecule has 0 radical (unpaired) electrons. The van der Waals surface area contributed by atoms with Crippen LogP contribution in [0.5, 0.6) is 0 Å². The summed E-state index contributed by atoms with van der Waals surface area (Å²) in [7, 11) is 1.64. The molecule has 3 heterocycles. The molecule has 0 atom stereocenters. The van der Waals surface area contributed by atoms with Crippen LogP contribution in [0, 0.1) is 0 Å². The summed E-state index contributed by atoms with van der Waals surface area (Å²) in [6, 6.07) is 13.7. The highest BCUT2D eigenvalue weighted by Gasteiger charge is 2.13. The first-order valence-electron chi connectivity index (χ1n) is 9.24. The Hall–Kier alpha value is -2.74. The largest absolute Gasteiger partial charge is 0.468 e. The van der Waals surface area contributed by atoms with Crippen LogP contribution in [-0.2, 0) is 19.6 Å². The minimum Gasteiger partial charge on any atom is -0.468 e. The molecule has 0 aliphatic rings. The highest BCUT2D eigenvalue weighted by Crippen LogP contribution is 2.26. The zero-order chi connectivity index (χ0) is 20.1. The molecule has 4 aromatic rings. The first-order valence-corrected chi connectivity index (χ1v) is 11.1. The molecule has 0 aliphatic heterocycles. The molecule has 0 fully saturated rings. The van der Waals surface area contributed by atoms with Crippen LogP contribution in [0.15, 0.2) is 69.3 Å². The fourth-order valence-corrected chi connectivity index (χ4v) is 4.61. The van der Waals surface area contributed by atoms with Gasteiger partial charge >= 0.3 is 0 Å². The number of nitrogens with one attached hydrogen (secondary N) is 1. The molecule has 0 spiro atoms. The molecular weight excluding hydrogens is 402 g/mol. The number of aromatic nitrogens is 1. The Morgan fingerprint density at radius 3 is 2.66 bits per heavy atom. The van der Waals surface area contributed by atoms with Gasteiger partial charge in [-0.2, -0.15) is 11.3 Å². The van der Waals surface area contributed by atoms with Crippen LogP contribution in [0.25, 0.3) is 10.6 Å². The zero-order valence-corrected chi connectivity index (χ0v) is 17.6. The number of amides is 1. The quantitative estimate of drug-likeness (QED) is 0.432. The number of thiophene rings is 1. The number of hydrogen-bond donors (Lipinski definition) is 1. The van der Waals surface area contributed by atoms with E-state index in [2.05, 4.69) is 32.4 Å². The summed E-state index contributed by atoms with van der Waals surface area (Å²) < 4.78 is 5.56. The van der Waals surface area contributed by atoms with Crippen LogP contribution in [-0.4, -0.2) is 22.8 Å². The lowest BCUT2D eigenvalue weighted by atomic mass is 10.1. The molecule has 1 N–H and O–H groups in total. The van der Waals surface area contributed by atoms with Gasteiger partial charge in [-0.05, 0) is 41.3 Å². The lowest BCUT2D eigenvalue weighted by molar-refractivity contribution is 0.0963. The zero-order valence-electron chi connectivity index (χ0n) is 16.0. The Kier molecular flexibility index (Phi) is 6.19. The summed E-state index contributed by atoms with van der Waals surface area (Å²) in [4.78, 5) is 18.9. The standard InChI is InChI=1S/C22H21N3O2S2/c1-23-21(26)17-6-4-16(5-7-17)11-25(13-20-3-2-9-27-20)12-19-15-29-22(24-19)18-8-10-28-14-18/h2-10,14-15H,11-13H2,1H3,(H,23,26). The van der Waals surface area contributed by atoms with Crippen molar-refractivity contribution in [2.24, 2.45) is 0 Å². The van der Waals surface area contributed by atoms with Crippen LogP contribution in [0.3, 0.4) is 0 Å². The SMILES string of the molecule is CNC(=O)c1ccc(CN(Cc2csc(-c3ccsc3)n2)Cc2ccco2)cc1. The van der Waals surface area contributed by atoms with Crippen LogP contribution in [0.4, 0.5) is 0 Å². The third kappa shape index (κ3) is 5.00. The van der Waals surface area contributed by atoms with E-state index in [1.54, 1.807) is 36.0 Å². The van der Waals surface area contributed by atoms with Crippen LogP contribution in [0.1, 0.15) is 27.4 Å². The van der Waals surface area contributed by atoms with Gasteiger partial charge in [-0.15, -0.1) is 11.3 Å². The van der Waals surface area contributed by atoms with E-state index in [4.69, 9.17) is 9.40 Å². The predicted molar refractivity (Wildman–Crippen MR) is 117 cm³/mol. The van der Waals surface area contributed by atoms with Gasteiger partial charge in [0.1, 0.15) is 10.8 Å². The van der Waals surface area contributed by atoms with Gasteiger partial charge in [0, 0.05) is 42.0 Å². The maximum Gasteiger partial charge on any atom is 0.251 e. The average Bonchev–Trinajstić information content (AvgIpc) is 3.50. The van der Waals surface area contributed by atoms with E-state index in [1.165, 1.54) is 5.56 Å². The van der Waals surface area contributed by atoms with Crippen molar-refractivity contribution in [1.82, 2.24) is 15.2 Å². The minimum atomic E-state index is -0.0765. The third-order valence-electron chi connectivity index (χ3n) is 4.51. The molecule has 148 valence electrons. The number of nitrogens with zero attached hydrogens (tertiary/aromatic N) is 2. The Balaban J connectivity index is 1.50. The van der Waals surface area contributed by atoms with Gasteiger partial charge in [0.2, 0.25) is 0 Å². The lowest BCUT2D eigenvalue weighted by Crippen LogP contribution is -2.22.